The molecular formula is C24H34N2O6. The summed E-state index contributed by atoms with van der Waals surface area (Å²) in [6.07, 6.45) is 2.90. The van der Waals surface area contributed by atoms with Crippen molar-refractivity contribution in [2.24, 2.45) is 5.92 Å². The van der Waals surface area contributed by atoms with E-state index in [0.717, 1.165) is 12.0 Å². The summed E-state index contributed by atoms with van der Waals surface area (Å²) in [5.41, 5.74) is 1.09. The topological polar surface area (TPSA) is 105 Å². The molecule has 1 aromatic rings. The van der Waals surface area contributed by atoms with Gasteiger partial charge in [0, 0.05) is 18.6 Å². The summed E-state index contributed by atoms with van der Waals surface area (Å²) < 4.78 is 10.8. The molecule has 2 heterocycles. The Morgan fingerprint density at radius 3 is 2.66 bits per heavy atom. The van der Waals surface area contributed by atoms with Crippen LogP contribution in [-0.4, -0.2) is 71.8 Å². The number of piperidine rings is 1. The van der Waals surface area contributed by atoms with Crippen LogP contribution < -0.4 is 5.32 Å². The number of carboxylic acids is 1. The smallest absolute Gasteiger partial charge is 0.326 e. The Kier molecular flexibility index (Phi) is 8.64. The van der Waals surface area contributed by atoms with Crippen LogP contribution in [0.25, 0.3) is 0 Å². The van der Waals surface area contributed by atoms with E-state index >= 15 is 0 Å². The second-order valence-electron chi connectivity index (χ2n) is 8.59. The molecule has 2 fully saturated rings. The van der Waals surface area contributed by atoms with E-state index in [1.54, 1.807) is 13.8 Å². The first-order valence-electron chi connectivity index (χ1n) is 11.5. The third-order valence-corrected chi connectivity index (χ3v) is 6.43. The Morgan fingerprint density at radius 1 is 1.22 bits per heavy atom. The van der Waals surface area contributed by atoms with Crippen LogP contribution in [0.5, 0.6) is 0 Å². The number of likely N-dealkylation sites (tertiary alicyclic amines) is 1. The maximum atomic E-state index is 13.5. The summed E-state index contributed by atoms with van der Waals surface area (Å²) in [7, 11) is 0. The minimum absolute atomic E-state index is 0.148. The molecule has 0 spiro atoms. The van der Waals surface area contributed by atoms with Gasteiger partial charge in [0.2, 0.25) is 5.91 Å². The van der Waals surface area contributed by atoms with Crippen molar-refractivity contribution in [3.05, 3.63) is 35.9 Å². The predicted molar refractivity (Wildman–Crippen MR) is 118 cm³/mol. The molecule has 0 aliphatic carbocycles. The SMILES string of the molecule is CCOC(=O)[C@H](CCc1ccccc1)NC(C)C(=O)N1C2CCOCC2CC[C@H]1C(=O)O. The minimum Gasteiger partial charge on any atom is -0.480 e. The molecule has 32 heavy (non-hydrogen) atoms. The van der Waals surface area contributed by atoms with Crippen LogP contribution >= 0.6 is 0 Å². The average molecular weight is 447 g/mol. The number of carbonyl (C=O) groups excluding carboxylic acids is 2. The lowest BCUT2D eigenvalue weighted by Crippen LogP contribution is -2.63. The van der Waals surface area contributed by atoms with Crippen molar-refractivity contribution in [3.63, 3.8) is 0 Å². The lowest BCUT2D eigenvalue weighted by atomic mass is 9.82. The monoisotopic (exact) mass is 446 g/mol. The van der Waals surface area contributed by atoms with Crippen molar-refractivity contribution in [2.75, 3.05) is 19.8 Å². The third kappa shape index (κ3) is 5.86. The van der Waals surface area contributed by atoms with Gasteiger partial charge in [0.15, 0.2) is 0 Å². The van der Waals surface area contributed by atoms with Gasteiger partial charge in [-0.05, 0) is 51.5 Å². The van der Waals surface area contributed by atoms with Gasteiger partial charge in [-0.25, -0.2) is 4.79 Å². The fourth-order valence-electron chi connectivity index (χ4n) is 4.79. The zero-order valence-corrected chi connectivity index (χ0v) is 18.9. The molecular weight excluding hydrogens is 412 g/mol. The molecule has 176 valence electrons. The predicted octanol–water partition coefficient (Wildman–Crippen LogP) is 2.01. The summed E-state index contributed by atoms with van der Waals surface area (Å²) in [6.45, 7) is 4.75. The van der Waals surface area contributed by atoms with Gasteiger partial charge in [0.1, 0.15) is 12.1 Å². The molecule has 2 N–H and O–H groups in total. The molecule has 0 aromatic heterocycles. The molecule has 0 bridgehead atoms. The molecule has 2 aliphatic heterocycles. The summed E-state index contributed by atoms with van der Waals surface area (Å²) >= 11 is 0. The number of carboxylic acid groups (broad SMARTS) is 1. The van der Waals surface area contributed by atoms with Gasteiger partial charge < -0.3 is 19.5 Å². The molecule has 1 amide bonds. The number of rotatable bonds is 9. The zero-order valence-electron chi connectivity index (χ0n) is 18.9. The fourth-order valence-corrected chi connectivity index (χ4v) is 4.79. The Bertz CT molecular complexity index is 786. The first-order valence-corrected chi connectivity index (χ1v) is 11.5. The van der Waals surface area contributed by atoms with Gasteiger partial charge in [-0.15, -0.1) is 0 Å². The number of benzene rings is 1. The van der Waals surface area contributed by atoms with Crippen molar-refractivity contribution in [2.45, 2.75) is 70.1 Å². The number of amides is 1. The van der Waals surface area contributed by atoms with Crippen LogP contribution in [-0.2, 0) is 30.3 Å². The van der Waals surface area contributed by atoms with E-state index in [9.17, 15) is 19.5 Å². The second-order valence-corrected chi connectivity index (χ2v) is 8.59. The molecule has 5 atom stereocenters. The van der Waals surface area contributed by atoms with Crippen LogP contribution in [0.15, 0.2) is 30.3 Å². The molecule has 3 rings (SSSR count). The number of hydrogen-bond acceptors (Lipinski definition) is 6. The Balaban J connectivity index is 1.72. The lowest BCUT2D eigenvalue weighted by Gasteiger charge is -2.47. The molecule has 3 unspecified atom stereocenters. The van der Waals surface area contributed by atoms with Gasteiger partial charge in [0.25, 0.3) is 0 Å². The summed E-state index contributed by atoms with van der Waals surface area (Å²) in [5.74, 6) is -1.53. The molecule has 0 saturated carbocycles. The Morgan fingerprint density at radius 2 is 1.97 bits per heavy atom. The number of esters is 1. The molecule has 8 heteroatoms. The number of aryl methyl sites for hydroxylation is 1. The van der Waals surface area contributed by atoms with Crippen LogP contribution in [0.1, 0.15) is 45.1 Å². The maximum absolute atomic E-state index is 13.5. The van der Waals surface area contributed by atoms with Gasteiger partial charge in [-0.2, -0.15) is 0 Å². The minimum atomic E-state index is -0.985. The van der Waals surface area contributed by atoms with E-state index in [2.05, 4.69) is 5.32 Å². The van der Waals surface area contributed by atoms with Gasteiger partial charge >= 0.3 is 11.9 Å². The molecule has 2 aliphatic rings. The fraction of sp³-hybridized carbons (Fsp3) is 0.625. The van der Waals surface area contributed by atoms with E-state index in [1.807, 2.05) is 30.3 Å². The Hall–Kier alpha value is -2.45. The first-order chi connectivity index (χ1) is 15.4. The standard InChI is InChI=1S/C24H34N2O6/c1-3-32-24(30)19(11-9-17-7-5-4-6-8-17)25-16(2)22(27)26-20-13-14-31-15-18(20)10-12-21(26)23(28)29/h4-8,16,18-21,25H,3,9-15H2,1-2H3,(H,28,29)/t16?,18?,19-,20?,21-/m0/s1. The highest BCUT2D eigenvalue weighted by Crippen LogP contribution is 2.33. The summed E-state index contributed by atoms with van der Waals surface area (Å²) in [4.78, 5) is 39.5. The van der Waals surface area contributed by atoms with Gasteiger partial charge in [-0.1, -0.05) is 30.3 Å². The lowest BCUT2D eigenvalue weighted by molar-refractivity contribution is -0.163. The van der Waals surface area contributed by atoms with Crippen molar-refractivity contribution in [1.82, 2.24) is 10.2 Å². The summed E-state index contributed by atoms with van der Waals surface area (Å²) in [6, 6.07) is 7.43. The average Bonchev–Trinajstić information content (AvgIpc) is 2.81. The number of carbonyl (C=O) groups is 3. The second kappa shape index (κ2) is 11.4. The number of aliphatic carboxylic acids is 1. The highest BCUT2D eigenvalue weighted by atomic mass is 16.5. The third-order valence-electron chi connectivity index (χ3n) is 6.43. The van der Waals surface area contributed by atoms with Crippen LogP contribution in [0.2, 0.25) is 0 Å². The van der Waals surface area contributed by atoms with Crippen LogP contribution in [0, 0.1) is 5.92 Å². The number of ether oxygens (including phenoxy) is 2. The van der Waals surface area contributed by atoms with E-state index < -0.39 is 30.1 Å². The van der Waals surface area contributed by atoms with E-state index in [4.69, 9.17) is 9.47 Å². The molecule has 0 radical (unpaired) electrons. The van der Waals surface area contributed by atoms with Crippen molar-refractivity contribution in [3.8, 4) is 0 Å². The number of nitrogens with zero attached hydrogens (tertiary/aromatic N) is 1. The summed E-state index contributed by atoms with van der Waals surface area (Å²) in [5, 5.41) is 12.9. The highest BCUT2D eigenvalue weighted by Gasteiger charge is 2.45. The number of nitrogens with one attached hydrogen (secondary N) is 1. The molecule has 2 saturated heterocycles. The van der Waals surface area contributed by atoms with Crippen LogP contribution in [0.3, 0.4) is 0 Å². The molecule has 1 aromatic carbocycles. The van der Waals surface area contributed by atoms with Crippen molar-refractivity contribution in [1.29, 1.82) is 0 Å². The van der Waals surface area contributed by atoms with Gasteiger partial charge in [0.05, 0.1) is 19.3 Å². The van der Waals surface area contributed by atoms with Gasteiger partial charge in [-0.3, -0.25) is 14.9 Å². The molecule has 8 nitrogen and oxygen atoms in total. The first kappa shape index (κ1) is 24.2. The van der Waals surface area contributed by atoms with Crippen molar-refractivity contribution >= 4 is 17.8 Å². The Labute approximate surface area is 189 Å². The van der Waals surface area contributed by atoms with Crippen molar-refractivity contribution < 1.29 is 29.0 Å². The number of hydrogen-bond donors (Lipinski definition) is 2. The largest absolute Gasteiger partial charge is 0.480 e. The van der Waals surface area contributed by atoms with Crippen LogP contribution in [0.4, 0.5) is 0 Å². The zero-order chi connectivity index (χ0) is 23.1. The van der Waals surface area contributed by atoms with E-state index in [0.29, 0.717) is 38.9 Å². The van der Waals surface area contributed by atoms with E-state index in [1.165, 1.54) is 4.90 Å². The number of fused-ring (bicyclic) bond motifs is 1. The van der Waals surface area contributed by atoms with E-state index in [-0.39, 0.29) is 24.5 Å². The highest BCUT2D eigenvalue weighted by molar-refractivity contribution is 5.88. The quantitative estimate of drug-likeness (QED) is 0.559. The maximum Gasteiger partial charge on any atom is 0.326 e. The normalized spacial score (nSPS) is 24.8.